The Morgan fingerprint density at radius 1 is 0.299 bits per heavy atom. The zero-order valence-electron chi connectivity index (χ0n) is 41.2. The maximum Gasteiger partial charge on any atom is 0.330 e. The third-order valence-corrected chi connectivity index (χ3v) is 7.08. The lowest BCUT2D eigenvalue weighted by Crippen LogP contribution is -2.26. The van der Waals surface area contributed by atoms with E-state index in [0.717, 1.165) is 12.2 Å². The molecule has 0 aliphatic heterocycles. The van der Waals surface area contributed by atoms with Gasteiger partial charge in [-0.3, -0.25) is 0 Å². The Morgan fingerprint density at radius 3 is 0.731 bits per heavy atom. The SMILES string of the molecule is C=CC(=O)OCC(C)OCC(C)OOCC(C)OOCC(C)OOCC(C)OOCC(C)OOCC(C)OOCC(C)OOCC(C)OOCC(C)OOCC(C)OOCC(C)OC(=O)C=C. The first kappa shape index (κ1) is 64.6. The molecule has 25 heteroatoms. The Kier molecular flexibility index (Phi) is 40.9. The summed E-state index contributed by atoms with van der Waals surface area (Å²) in [7, 11) is 0. The zero-order chi connectivity index (χ0) is 50.2. The molecule has 0 amide bonds. The first-order chi connectivity index (χ1) is 31.9. The summed E-state index contributed by atoms with van der Waals surface area (Å²) in [5.41, 5.74) is 0. The molecule has 0 heterocycles. The van der Waals surface area contributed by atoms with Crippen LogP contribution >= 0.6 is 0 Å². The van der Waals surface area contributed by atoms with Gasteiger partial charge in [-0.2, -0.15) is 0 Å². The summed E-state index contributed by atoms with van der Waals surface area (Å²) in [6, 6.07) is 0. The minimum Gasteiger partial charge on any atom is -0.460 e. The van der Waals surface area contributed by atoms with Crippen molar-refractivity contribution >= 4 is 11.9 Å². The van der Waals surface area contributed by atoms with E-state index in [1.165, 1.54) is 0 Å². The van der Waals surface area contributed by atoms with E-state index in [4.69, 9.17) is 112 Å². The van der Waals surface area contributed by atoms with Gasteiger partial charge in [0.25, 0.3) is 0 Å². The molecule has 0 fully saturated rings. The van der Waals surface area contributed by atoms with Crippen LogP contribution in [0.1, 0.15) is 83.1 Å². The highest BCUT2D eigenvalue weighted by Gasteiger charge is 2.17. The number of ether oxygens (including phenoxy) is 3. The van der Waals surface area contributed by atoms with Gasteiger partial charge in [-0.1, -0.05) is 13.2 Å². The second kappa shape index (κ2) is 42.5. The van der Waals surface area contributed by atoms with Crippen LogP contribution in [-0.2, 0) is 122 Å². The third-order valence-electron chi connectivity index (χ3n) is 7.08. The Hall–Kier alpha value is -2.42. The maximum absolute atomic E-state index is 11.2. The average Bonchev–Trinajstić information content (AvgIpc) is 3.27. The number of esters is 2. The minimum absolute atomic E-state index is 0.0378. The molecular formula is C42H78O25. The van der Waals surface area contributed by atoms with Crippen molar-refractivity contribution in [3.8, 4) is 0 Å². The average molecular weight is 983 g/mol. The van der Waals surface area contributed by atoms with Crippen LogP contribution in [0.2, 0.25) is 0 Å². The molecule has 0 aliphatic rings. The zero-order valence-corrected chi connectivity index (χ0v) is 41.2. The van der Waals surface area contributed by atoms with Gasteiger partial charge in [0.2, 0.25) is 0 Å². The summed E-state index contributed by atoms with van der Waals surface area (Å²) in [6.45, 7) is 28.4. The lowest BCUT2D eigenvalue weighted by atomic mass is 10.4. The van der Waals surface area contributed by atoms with Gasteiger partial charge in [0, 0.05) is 12.2 Å². The summed E-state index contributed by atoms with van der Waals surface area (Å²) >= 11 is 0. The van der Waals surface area contributed by atoms with Crippen molar-refractivity contribution in [2.45, 2.75) is 156 Å². The van der Waals surface area contributed by atoms with Gasteiger partial charge in [0.05, 0.1) is 12.7 Å². The molecule has 0 bridgehead atoms. The number of rotatable bonds is 48. The first-order valence-corrected chi connectivity index (χ1v) is 22.0. The molecule has 0 aliphatic carbocycles. The molecule has 0 rings (SSSR count). The predicted octanol–water partition coefficient (Wildman–Crippen LogP) is 4.61. The smallest absolute Gasteiger partial charge is 0.330 e. The molecule has 67 heavy (non-hydrogen) atoms. The molecular weight excluding hydrogens is 904 g/mol. The quantitative estimate of drug-likeness (QED) is 0.0350. The van der Waals surface area contributed by atoms with Crippen molar-refractivity contribution in [3.63, 3.8) is 0 Å². The van der Waals surface area contributed by atoms with E-state index in [1.54, 1.807) is 83.1 Å². The Labute approximate surface area is 394 Å². The van der Waals surface area contributed by atoms with Crippen molar-refractivity contribution in [2.75, 3.05) is 79.3 Å². The minimum atomic E-state index is -0.549. The summed E-state index contributed by atoms with van der Waals surface area (Å²) in [6.07, 6.45) is -3.26. The van der Waals surface area contributed by atoms with Gasteiger partial charge in [-0.25, -0.2) is 107 Å². The molecule has 0 aromatic rings. The third kappa shape index (κ3) is 42.2. The number of hydrogen-bond donors (Lipinski definition) is 0. The number of hydrogen-bond acceptors (Lipinski definition) is 25. The highest BCUT2D eigenvalue weighted by molar-refractivity contribution is 5.81. The van der Waals surface area contributed by atoms with Gasteiger partial charge >= 0.3 is 11.9 Å². The lowest BCUT2D eigenvalue weighted by molar-refractivity contribution is -0.415. The highest BCUT2D eigenvalue weighted by Crippen LogP contribution is 2.07. The Morgan fingerprint density at radius 2 is 0.507 bits per heavy atom. The molecule has 0 saturated carbocycles. The first-order valence-electron chi connectivity index (χ1n) is 22.0. The largest absolute Gasteiger partial charge is 0.460 e. The van der Waals surface area contributed by atoms with Crippen LogP contribution in [0.5, 0.6) is 0 Å². The van der Waals surface area contributed by atoms with Crippen molar-refractivity contribution < 1.29 is 122 Å². The Bertz CT molecular complexity index is 1200. The summed E-state index contributed by atoms with van der Waals surface area (Å²) in [4.78, 5) is 126. The fourth-order valence-electron chi connectivity index (χ4n) is 3.68. The fourth-order valence-corrected chi connectivity index (χ4v) is 3.68. The number of carbonyl (C=O) groups excluding carboxylic acids is 2. The van der Waals surface area contributed by atoms with Gasteiger partial charge < -0.3 is 14.2 Å². The molecule has 25 nitrogen and oxygen atoms in total. The highest BCUT2D eigenvalue weighted by atomic mass is 17.3. The lowest BCUT2D eigenvalue weighted by Gasteiger charge is -2.18. The molecule has 0 aromatic heterocycles. The second-order valence-electron chi connectivity index (χ2n) is 15.3. The van der Waals surface area contributed by atoms with E-state index in [0.29, 0.717) is 0 Å². The van der Waals surface area contributed by atoms with E-state index in [-0.39, 0.29) is 91.5 Å². The molecule has 0 N–H and O–H groups in total. The normalized spacial score (nSPS) is 17.3. The van der Waals surface area contributed by atoms with Gasteiger partial charge in [-0.15, -0.1) is 0 Å². The fraction of sp³-hybridized carbons (Fsp3) is 0.857. The Balaban J connectivity index is 3.79. The van der Waals surface area contributed by atoms with Gasteiger partial charge in [0.1, 0.15) is 140 Å². The van der Waals surface area contributed by atoms with Crippen LogP contribution in [-0.4, -0.2) is 164 Å². The number of carbonyl (C=O) groups is 2. The van der Waals surface area contributed by atoms with Crippen LogP contribution in [0.3, 0.4) is 0 Å². The van der Waals surface area contributed by atoms with Crippen molar-refractivity contribution in [1.29, 1.82) is 0 Å². The van der Waals surface area contributed by atoms with Gasteiger partial charge in [-0.05, 0) is 83.1 Å². The van der Waals surface area contributed by atoms with Crippen LogP contribution in [0.15, 0.2) is 25.3 Å². The summed E-state index contributed by atoms with van der Waals surface area (Å²) in [5.74, 6) is -1.06. The van der Waals surface area contributed by atoms with Crippen molar-refractivity contribution in [1.82, 2.24) is 0 Å². The van der Waals surface area contributed by atoms with Crippen LogP contribution < -0.4 is 0 Å². The van der Waals surface area contributed by atoms with E-state index < -0.39 is 73.0 Å². The van der Waals surface area contributed by atoms with Crippen LogP contribution in [0.25, 0.3) is 0 Å². The monoisotopic (exact) mass is 982 g/mol. The van der Waals surface area contributed by atoms with Crippen LogP contribution in [0, 0.1) is 0 Å². The molecule has 0 aromatic carbocycles. The molecule has 0 spiro atoms. The van der Waals surface area contributed by atoms with E-state index in [2.05, 4.69) is 13.2 Å². The maximum atomic E-state index is 11.2. The van der Waals surface area contributed by atoms with E-state index in [9.17, 15) is 9.59 Å². The molecule has 0 radical (unpaired) electrons. The summed E-state index contributed by atoms with van der Waals surface area (Å²) < 4.78 is 15.4. The molecule has 12 unspecified atom stereocenters. The second-order valence-corrected chi connectivity index (χ2v) is 15.3. The van der Waals surface area contributed by atoms with E-state index >= 15 is 0 Å². The molecule has 12 atom stereocenters. The van der Waals surface area contributed by atoms with Gasteiger partial charge in [0.15, 0.2) is 0 Å². The van der Waals surface area contributed by atoms with Crippen molar-refractivity contribution in [3.05, 3.63) is 25.3 Å². The molecule has 0 saturated heterocycles. The standard InChI is InChI=1S/C42H78O25/c1-15-41(43)46-17-29(3)45-18-31(5)58-48-20-33(7)60-50-22-35(9)62-52-24-37(11)64-54-26-39(13)66-56-28-40(14)67-55-27-38(12)65-53-25-36(10)63-51-23-34(8)61-49-21-32(6)59-47-19-30(4)57-42(44)16-2/h15-16,29-40H,1-2,17-28H2,3-14H3. The van der Waals surface area contributed by atoms with Crippen LogP contribution in [0.4, 0.5) is 0 Å². The summed E-state index contributed by atoms with van der Waals surface area (Å²) in [5, 5.41) is 0. The van der Waals surface area contributed by atoms with E-state index in [1.807, 2.05) is 0 Å². The predicted molar refractivity (Wildman–Crippen MR) is 227 cm³/mol. The van der Waals surface area contributed by atoms with Crippen molar-refractivity contribution in [2.24, 2.45) is 0 Å². The molecule has 396 valence electrons. The topological polar surface area (TPSA) is 246 Å².